The number of thioether (sulfide) groups is 1. The van der Waals surface area contributed by atoms with E-state index < -0.39 is 0 Å². The van der Waals surface area contributed by atoms with Gasteiger partial charge in [0.2, 0.25) is 5.91 Å². The highest BCUT2D eigenvalue weighted by molar-refractivity contribution is 8.00. The maximum atomic E-state index is 12.4. The molecule has 1 N–H and O–H groups in total. The van der Waals surface area contributed by atoms with Crippen LogP contribution in [0.4, 0.5) is 5.69 Å². The van der Waals surface area contributed by atoms with E-state index in [2.05, 4.69) is 37.4 Å². The molecule has 2 aromatic carbocycles. The third-order valence-corrected chi connectivity index (χ3v) is 5.64. The van der Waals surface area contributed by atoms with Crippen LogP contribution in [0.5, 0.6) is 11.5 Å². The molecule has 0 bridgehead atoms. The number of rotatable bonds is 6. The standard InChI is InChI=1S/C22H24N2O3S/c1-13-6-16-7-15(3)22(24-20(16)8-14(13)2)28-12-21(25)23-17-9-18(26-4)11-19(10-17)27-5/h6-11H,12H2,1-5H3,(H,23,25). The zero-order valence-electron chi connectivity index (χ0n) is 16.8. The Bertz CT molecular complexity index is 1010. The first-order valence-electron chi connectivity index (χ1n) is 8.94. The fourth-order valence-corrected chi connectivity index (χ4v) is 3.67. The second-order valence-corrected chi connectivity index (χ2v) is 7.64. The number of pyridine rings is 1. The number of aromatic nitrogens is 1. The van der Waals surface area contributed by atoms with Gasteiger partial charge in [-0.1, -0.05) is 11.8 Å². The van der Waals surface area contributed by atoms with E-state index in [9.17, 15) is 4.79 Å². The number of methoxy groups -OCH3 is 2. The summed E-state index contributed by atoms with van der Waals surface area (Å²) in [5.74, 6) is 1.41. The van der Waals surface area contributed by atoms with E-state index in [4.69, 9.17) is 14.5 Å². The van der Waals surface area contributed by atoms with Crippen molar-refractivity contribution in [2.45, 2.75) is 25.8 Å². The second-order valence-electron chi connectivity index (χ2n) is 6.68. The third kappa shape index (κ3) is 4.57. The Balaban J connectivity index is 1.72. The van der Waals surface area contributed by atoms with Crippen molar-refractivity contribution in [1.82, 2.24) is 4.98 Å². The normalized spacial score (nSPS) is 10.8. The largest absolute Gasteiger partial charge is 0.497 e. The van der Waals surface area contributed by atoms with Gasteiger partial charge in [-0.05, 0) is 55.7 Å². The van der Waals surface area contributed by atoms with Gasteiger partial charge in [-0.25, -0.2) is 4.98 Å². The molecule has 0 spiro atoms. The summed E-state index contributed by atoms with van der Waals surface area (Å²) >= 11 is 1.43. The first-order valence-corrected chi connectivity index (χ1v) is 9.92. The van der Waals surface area contributed by atoms with Gasteiger partial charge in [-0.3, -0.25) is 4.79 Å². The SMILES string of the molecule is COc1cc(NC(=O)CSc2nc3cc(C)c(C)cc3cc2C)cc(OC)c1. The molecule has 1 amide bonds. The Kier molecular flexibility index (Phi) is 6.09. The molecule has 146 valence electrons. The van der Waals surface area contributed by atoms with Crippen LogP contribution in [0, 0.1) is 20.8 Å². The molecule has 0 aliphatic heterocycles. The molecule has 0 atom stereocenters. The number of nitrogens with one attached hydrogen (secondary N) is 1. The van der Waals surface area contributed by atoms with E-state index in [1.54, 1.807) is 32.4 Å². The minimum Gasteiger partial charge on any atom is -0.497 e. The van der Waals surface area contributed by atoms with Crippen LogP contribution in [0.25, 0.3) is 10.9 Å². The van der Waals surface area contributed by atoms with Gasteiger partial charge in [0, 0.05) is 29.3 Å². The lowest BCUT2D eigenvalue weighted by Gasteiger charge is -2.11. The van der Waals surface area contributed by atoms with E-state index in [1.165, 1.54) is 22.9 Å². The van der Waals surface area contributed by atoms with Crippen LogP contribution in [-0.2, 0) is 4.79 Å². The molecule has 1 aromatic heterocycles. The average molecular weight is 397 g/mol. The molecule has 0 saturated carbocycles. The molecular weight excluding hydrogens is 372 g/mol. The molecule has 5 nitrogen and oxygen atoms in total. The number of carbonyl (C=O) groups is 1. The Morgan fingerprint density at radius 3 is 2.18 bits per heavy atom. The fourth-order valence-electron chi connectivity index (χ4n) is 2.88. The van der Waals surface area contributed by atoms with Crippen LogP contribution in [-0.4, -0.2) is 30.9 Å². The van der Waals surface area contributed by atoms with Gasteiger partial charge in [0.15, 0.2) is 0 Å². The van der Waals surface area contributed by atoms with Crippen LogP contribution in [0.3, 0.4) is 0 Å². The van der Waals surface area contributed by atoms with Crippen LogP contribution >= 0.6 is 11.8 Å². The van der Waals surface area contributed by atoms with E-state index in [1.807, 2.05) is 6.92 Å². The summed E-state index contributed by atoms with van der Waals surface area (Å²) in [6.07, 6.45) is 0. The monoisotopic (exact) mass is 396 g/mol. The maximum absolute atomic E-state index is 12.4. The third-order valence-electron chi connectivity index (χ3n) is 4.55. The number of carbonyl (C=O) groups excluding carboxylic acids is 1. The van der Waals surface area contributed by atoms with Crippen molar-refractivity contribution in [3.8, 4) is 11.5 Å². The smallest absolute Gasteiger partial charge is 0.234 e. The maximum Gasteiger partial charge on any atom is 0.234 e. The van der Waals surface area contributed by atoms with E-state index in [-0.39, 0.29) is 11.7 Å². The molecular formula is C22H24N2O3S. The van der Waals surface area contributed by atoms with E-state index in [0.717, 1.165) is 21.5 Å². The van der Waals surface area contributed by atoms with Crippen molar-refractivity contribution in [2.24, 2.45) is 0 Å². The number of amides is 1. The molecule has 28 heavy (non-hydrogen) atoms. The number of nitrogens with zero attached hydrogens (tertiary/aromatic N) is 1. The molecule has 3 rings (SSSR count). The van der Waals surface area contributed by atoms with Gasteiger partial charge in [0.05, 0.1) is 25.5 Å². The summed E-state index contributed by atoms with van der Waals surface area (Å²) in [6, 6.07) is 11.7. The Morgan fingerprint density at radius 2 is 1.54 bits per heavy atom. The quantitative estimate of drug-likeness (QED) is 0.600. The van der Waals surface area contributed by atoms with Gasteiger partial charge in [-0.2, -0.15) is 0 Å². The van der Waals surface area contributed by atoms with Crippen molar-refractivity contribution in [3.05, 3.63) is 53.1 Å². The number of hydrogen-bond acceptors (Lipinski definition) is 5. The van der Waals surface area contributed by atoms with E-state index >= 15 is 0 Å². The molecule has 6 heteroatoms. The number of fused-ring (bicyclic) bond motifs is 1. The number of anilines is 1. The molecule has 0 aliphatic rings. The van der Waals surface area contributed by atoms with Gasteiger partial charge in [0.25, 0.3) is 0 Å². The van der Waals surface area contributed by atoms with Crippen molar-refractivity contribution < 1.29 is 14.3 Å². The van der Waals surface area contributed by atoms with Crippen LogP contribution in [0.1, 0.15) is 16.7 Å². The molecule has 0 saturated heterocycles. The molecule has 1 heterocycles. The van der Waals surface area contributed by atoms with Gasteiger partial charge >= 0.3 is 0 Å². The predicted molar refractivity (Wildman–Crippen MR) is 115 cm³/mol. The van der Waals surface area contributed by atoms with Crippen LogP contribution in [0.2, 0.25) is 0 Å². The Labute approximate surface area is 169 Å². The Hall–Kier alpha value is -2.73. The summed E-state index contributed by atoms with van der Waals surface area (Å²) in [4.78, 5) is 17.2. The molecule has 0 aliphatic carbocycles. The summed E-state index contributed by atoms with van der Waals surface area (Å²) in [5, 5.41) is 4.88. The van der Waals surface area contributed by atoms with Crippen molar-refractivity contribution >= 4 is 34.3 Å². The van der Waals surface area contributed by atoms with Crippen molar-refractivity contribution in [2.75, 3.05) is 25.3 Å². The lowest BCUT2D eigenvalue weighted by Crippen LogP contribution is -2.14. The summed E-state index contributed by atoms with van der Waals surface area (Å²) in [7, 11) is 3.15. The lowest BCUT2D eigenvalue weighted by atomic mass is 10.1. The fraction of sp³-hybridized carbons (Fsp3) is 0.273. The van der Waals surface area contributed by atoms with Crippen LogP contribution < -0.4 is 14.8 Å². The molecule has 3 aromatic rings. The second kappa shape index (κ2) is 8.52. The molecule has 0 radical (unpaired) electrons. The number of ether oxygens (including phenoxy) is 2. The number of aryl methyl sites for hydroxylation is 3. The molecule has 0 fully saturated rings. The topological polar surface area (TPSA) is 60.5 Å². The highest BCUT2D eigenvalue weighted by Gasteiger charge is 2.10. The average Bonchev–Trinajstić information content (AvgIpc) is 2.67. The zero-order chi connectivity index (χ0) is 20.3. The first kappa shape index (κ1) is 20.0. The number of hydrogen-bond donors (Lipinski definition) is 1. The summed E-state index contributed by atoms with van der Waals surface area (Å²) in [5.41, 5.74) is 5.12. The van der Waals surface area contributed by atoms with Crippen LogP contribution in [0.15, 0.2) is 41.4 Å². The first-order chi connectivity index (χ1) is 13.4. The minimum absolute atomic E-state index is 0.110. The zero-order valence-corrected chi connectivity index (χ0v) is 17.6. The van der Waals surface area contributed by atoms with Crippen molar-refractivity contribution in [3.63, 3.8) is 0 Å². The van der Waals surface area contributed by atoms with Gasteiger partial charge in [-0.15, -0.1) is 0 Å². The number of benzene rings is 2. The highest BCUT2D eigenvalue weighted by atomic mass is 32.2. The van der Waals surface area contributed by atoms with Crippen molar-refractivity contribution in [1.29, 1.82) is 0 Å². The highest BCUT2D eigenvalue weighted by Crippen LogP contribution is 2.28. The Morgan fingerprint density at radius 1 is 0.929 bits per heavy atom. The predicted octanol–water partition coefficient (Wildman–Crippen LogP) is 4.91. The van der Waals surface area contributed by atoms with Gasteiger partial charge in [0.1, 0.15) is 16.5 Å². The van der Waals surface area contributed by atoms with E-state index in [0.29, 0.717) is 17.2 Å². The van der Waals surface area contributed by atoms with Gasteiger partial charge < -0.3 is 14.8 Å². The summed E-state index contributed by atoms with van der Waals surface area (Å²) < 4.78 is 10.5. The lowest BCUT2D eigenvalue weighted by molar-refractivity contribution is -0.113. The minimum atomic E-state index is -0.110. The summed E-state index contributed by atoms with van der Waals surface area (Å²) in [6.45, 7) is 6.21. The molecule has 0 unspecified atom stereocenters.